The van der Waals surface area contributed by atoms with Gasteiger partial charge in [-0.05, 0) is 38.8 Å². The summed E-state index contributed by atoms with van der Waals surface area (Å²) in [6.07, 6.45) is 0.537. The average molecular weight is 269 g/mol. The van der Waals surface area contributed by atoms with Crippen molar-refractivity contribution in [2.75, 3.05) is 5.75 Å². The lowest BCUT2D eigenvalue weighted by molar-refractivity contribution is -0.0900. The van der Waals surface area contributed by atoms with Gasteiger partial charge in [-0.15, -0.1) is 0 Å². The first-order valence-corrected chi connectivity index (χ1v) is 7.70. The minimum absolute atomic E-state index is 0.0658. The van der Waals surface area contributed by atoms with Crippen molar-refractivity contribution in [3.63, 3.8) is 0 Å². The third-order valence-electron chi connectivity index (χ3n) is 2.81. The van der Waals surface area contributed by atoms with Gasteiger partial charge >= 0.3 is 0 Å². The third-order valence-corrected chi connectivity index (χ3v) is 4.63. The number of hydroxylamine groups is 1. The van der Waals surface area contributed by atoms with Gasteiger partial charge in [0.05, 0.1) is 22.3 Å². The number of hydrogen-bond acceptors (Lipinski definition) is 4. The van der Waals surface area contributed by atoms with Crippen LogP contribution in [0.2, 0.25) is 0 Å². The second-order valence-corrected chi connectivity index (χ2v) is 7.61. The minimum atomic E-state index is -3.12. The van der Waals surface area contributed by atoms with Crippen molar-refractivity contribution < 1.29 is 13.3 Å². The van der Waals surface area contributed by atoms with E-state index in [1.54, 1.807) is 12.1 Å². The van der Waals surface area contributed by atoms with Crippen LogP contribution in [0.25, 0.3) is 0 Å². The molecule has 1 aromatic carbocycles. The Morgan fingerprint density at radius 1 is 1.28 bits per heavy atom. The van der Waals surface area contributed by atoms with Crippen LogP contribution in [0.1, 0.15) is 38.8 Å². The lowest BCUT2D eigenvalue weighted by Gasteiger charge is -2.29. The van der Waals surface area contributed by atoms with Gasteiger partial charge in [-0.3, -0.25) is 4.84 Å². The highest BCUT2D eigenvalue weighted by molar-refractivity contribution is 7.91. The van der Waals surface area contributed by atoms with Gasteiger partial charge in [0.1, 0.15) is 0 Å². The standard InChI is InChI=1S/C13H19NO3S/c1-13(2,3)17-14-11-8-9-18(15,16)12-7-5-4-6-10(11)12/h4-7,11,14H,8-9H2,1-3H3. The Balaban J connectivity index is 2.26. The average Bonchev–Trinajstić information content (AvgIpc) is 2.27. The van der Waals surface area contributed by atoms with E-state index in [9.17, 15) is 8.42 Å². The predicted molar refractivity (Wildman–Crippen MR) is 69.8 cm³/mol. The molecule has 18 heavy (non-hydrogen) atoms. The highest BCUT2D eigenvalue weighted by Crippen LogP contribution is 2.32. The van der Waals surface area contributed by atoms with Gasteiger partial charge in [0.15, 0.2) is 9.84 Å². The van der Waals surface area contributed by atoms with E-state index in [1.165, 1.54) is 0 Å². The molecule has 0 spiro atoms. The largest absolute Gasteiger partial charge is 0.296 e. The van der Waals surface area contributed by atoms with E-state index in [4.69, 9.17) is 4.84 Å². The summed E-state index contributed by atoms with van der Waals surface area (Å²) in [4.78, 5) is 5.97. The van der Waals surface area contributed by atoms with E-state index in [0.29, 0.717) is 11.3 Å². The zero-order chi connectivity index (χ0) is 13.4. The Labute approximate surface area is 108 Å². The summed E-state index contributed by atoms with van der Waals surface area (Å²) in [5.41, 5.74) is 3.49. The first-order chi connectivity index (χ1) is 8.30. The number of rotatable bonds is 2. The highest BCUT2D eigenvalue weighted by atomic mass is 32.2. The summed E-state index contributed by atoms with van der Waals surface area (Å²) in [5.74, 6) is 0.162. The maximum absolute atomic E-state index is 12.0. The molecule has 1 heterocycles. The molecular weight excluding hydrogens is 250 g/mol. The predicted octanol–water partition coefficient (Wildman–Crippen LogP) is 2.22. The molecule has 0 fully saturated rings. The summed E-state index contributed by atoms with van der Waals surface area (Å²) in [6, 6.07) is 7.05. The first-order valence-electron chi connectivity index (χ1n) is 6.05. The van der Waals surface area contributed by atoms with Crippen LogP contribution < -0.4 is 5.48 Å². The van der Waals surface area contributed by atoms with E-state index in [2.05, 4.69) is 5.48 Å². The molecule has 0 radical (unpaired) electrons. The number of fused-ring (bicyclic) bond motifs is 1. The molecule has 4 nitrogen and oxygen atoms in total. The molecule has 0 aliphatic carbocycles. The molecule has 5 heteroatoms. The molecule has 0 saturated carbocycles. The lowest BCUT2D eigenvalue weighted by Crippen LogP contribution is -2.35. The van der Waals surface area contributed by atoms with E-state index in [0.717, 1.165) is 5.56 Å². The monoisotopic (exact) mass is 269 g/mol. The van der Waals surface area contributed by atoms with E-state index < -0.39 is 9.84 Å². The molecule has 0 aromatic heterocycles. The molecule has 0 bridgehead atoms. The van der Waals surface area contributed by atoms with Gasteiger partial charge < -0.3 is 0 Å². The normalized spacial score (nSPS) is 22.5. The molecular formula is C13H19NO3S. The van der Waals surface area contributed by atoms with Crippen LogP contribution in [0.5, 0.6) is 0 Å². The smallest absolute Gasteiger partial charge is 0.178 e. The first kappa shape index (κ1) is 13.5. The molecule has 1 aromatic rings. The van der Waals surface area contributed by atoms with Crippen molar-refractivity contribution in [3.8, 4) is 0 Å². The van der Waals surface area contributed by atoms with Crippen molar-refractivity contribution in [1.82, 2.24) is 5.48 Å². The number of sulfone groups is 1. The fraction of sp³-hybridized carbons (Fsp3) is 0.538. The van der Waals surface area contributed by atoms with Crippen molar-refractivity contribution in [2.45, 2.75) is 43.7 Å². The Kier molecular flexibility index (Phi) is 3.49. The van der Waals surface area contributed by atoms with Crippen LogP contribution in [-0.4, -0.2) is 19.8 Å². The molecule has 1 atom stereocenters. The van der Waals surface area contributed by atoms with Gasteiger partial charge in [-0.1, -0.05) is 18.2 Å². The molecule has 2 rings (SSSR count). The highest BCUT2D eigenvalue weighted by Gasteiger charge is 2.30. The number of hydrogen-bond donors (Lipinski definition) is 1. The molecule has 1 aliphatic rings. The van der Waals surface area contributed by atoms with Crippen molar-refractivity contribution >= 4 is 9.84 Å². The van der Waals surface area contributed by atoms with Gasteiger partial charge in [-0.2, -0.15) is 5.48 Å². The van der Waals surface area contributed by atoms with Gasteiger partial charge in [-0.25, -0.2) is 8.42 Å². The zero-order valence-electron chi connectivity index (χ0n) is 10.9. The number of nitrogens with one attached hydrogen (secondary N) is 1. The summed E-state index contributed by atoms with van der Waals surface area (Å²) >= 11 is 0. The maximum atomic E-state index is 12.0. The summed E-state index contributed by atoms with van der Waals surface area (Å²) in [6.45, 7) is 5.85. The second-order valence-electron chi connectivity index (χ2n) is 5.53. The molecule has 0 amide bonds. The summed E-state index contributed by atoms with van der Waals surface area (Å²) in [7, 11) is -3.12. The quantitative estimate of drug-likeness (QED) is 0.836. The Morgan fingerprint density at radius 2 is 1.94 bits per heavy atom. The minimum Gasteiger partial charge on any atom is -0.296 e. The van der Waals surface area contributed by atoms with Crippen molar-refractivity contribution in [2.24, 2.45) is 0 Å². The third kappa shape index (κ3) is 2.91. The van der Waals surface area contributed by atoms with Crippen LogP contribution in [0.3, 0.4) is 0 Å². The summed E-state index contributed by atoms with van der Waals surface area (Å²) in [5, 5.41) is 0. The van der Waals surface area contributed by atoms with E-state index >= 15 is 0 Å². The van der Waals surface area contributed by atoms with Crippen LogP contribution in [-0.2, 0) is 14.7 Å². The lowest BCUT2D eigenvalue weighted by atomic mass is 10.0. The van der Waals surface area contributed by atoms with Gasteiger partial charge in [0, 0.05) is 0 Å². The van der Waals surface area contributed by atoms with Crippen LogP contribution in [0.4, 0.5) is 0 Å². The van der Waals surface area contributed by atoms with Crippen LogP contribution in [0.15, 0.2) is 29.2 Å². The van der Waals surface area contributed by atoms with E-state index in [1.807, 2.05) is 32.9 Å². The Bertz CT molecular complexity index is 531. The molecule has 1 N–H and O–H groups in total. The topological polar surface area (TPSA) is 55.4 Å². The van der Waals surface area contributed by atoms with Gasteiger partial charge in [0.2, 0.25) is 0 Å². The SMILES string of the molecule is CC(C)(C)ONC1CCS(=O)(=O)c2ccccc21. The maximum Gasteiger partial charge on any atom is 0.178 e. The van der Waals surface area contributed by atoms with E-state index in [-0.39, 0.29) is 17.4 Å². The fourth-order valence-corrected chi connectivity index (χ4v) is 3.58. The van der Waals surface area contributed by atoms with Gasteiger partial charge in [0.25, 0.3) is 0 Å². The Morgan fingerprint density at radius 3 is 2.61 bits per heavy atom. The molecule has 1 aliphatic heterocycles. The zero-order valence-corrected chi connectivity index (χ0v) is 11.8. The van der Waals surface area contributed by atoms with Crippen molar-refractivity contribution in [3.05, 3.63) is 29.8 Å². The Hall–Kier alpha value is -0.910. The van der Waals surface area contributed by atoms with Crippen LogP contribution >= 0.6 is 0 Å². The van der Waals surface area contributed by atoms with Crippen molar-refractivity contribution in [1.29, 1.82) is 0 Å². The molecule has 1 unspecified atom stereocenters. The molecule has 0 saturated heterocycles. The van der Waals surface area contributed by atoms with Crippen LogP contribution in [0, 0.1) is 0 Å². The summed E-state index contributed by atoms with van der Waals surface area (Å²) < 4.78 is 23.9. The number of benzene rings is 1. The second kappa shape index (κ2) is 4.64. The molecule has 100 valence electrons. The fourth-order valence-electron chi connectivity index (χ4n) is 1.96.